The molecule has 2 amide bonds. The average molecular weight is 256 g/mol. The predicted molar refractivity (Wildman–Crippen MR) is 67.0 cm³/mol. The van der Waals surface area contributed by atoms with Gasteiger partial charge in [0, 0.05) is 24.6 Å². The van der Waals surface area contributed by atoms with E-state index >= 15 is 0 Å². The number of amides is 2. The molecule has 0 aliphatic carbocycles. The molecule has 0 aromatic heterocycles. The van der Waals surface area contributed by atoms with Crippen molar-refractivity contribution in [1.82, 2.24) is 4.90 Å². The topological polar surface area (TPSA) is 80.5 Å². The van der Waals surface area contributed by atoms with E-state index in [9.17, 15) is 19.7 Å². The molecule has 1 heterocycles. The van der Waals surface area contributed by atoms with E-state index in [0.717, 1.165) is 4.90 Å². The van der Waals surface area contributed by atoms with Crippen LogP contribution in [0.1, 0.15) is 20.7 Å². The van der Waals surface area contributed by atoms with Gasteiger partial charge in [0.2, 0.25) is 0 Å². The Kier molecular flexibility index (Phi) is 2.16. The number of carbonyl (C=O) groups excluding carboxylic acids is 2. The van der Waals surface area contributed by atoms with Crippen LogP contribution in [0, 0.1) is 10.1 Å². The van der Waals surface area contributed by atoms with Gasteiger partial charge in [0.25, 0.3) is 17.5 Å². The number of non-ortho nitro benzene ring substituents is 1. The molecule has 0 saturated heterocycles. The van der Waals surface area contributed by atoms with Crippen molar-refractivity contribution < 1.29 is 14.5 Å². The van der Waals surface area contributed by atoms with Crippen molar-refractivity contribution in [3.05, 3.63) is 51.6 Å². The molecular weight excluding hydrogens is 248 g/mol. The molecule has 0 atom stereocenters. The van der Waals surface area contributed by atoms with Crippen molar-refractivity contribution in [2.24, 2.45) is 0 Å². The number of nitrogens with zero attached hydrogens (tertiary/aromatic N) is 2. The van der Waals surface area contributed by atoms with E-state index in [1.807, 2.05) is 0 Å². The maximum atomic E-state index is 12.0. The van der Waals surface area contributed by atoms with Crippen LogP contribution in [0.4, 0.5) is 5.69 Å². The number of benzene rings is 2. The molecule has 2 aromatic carbocycles. The Bertz CT molecular complexity index is 767. The van der Waals surface area contributed by atoms with Crippen molar-refractivity contribution in [2.75, 3.05) is 7.05 Å². The van der Waals surface area contributed by atoms with Crippen molar-refractivity contribution in [2.45, 2.75) is 0 Å². The quantitative estimate of drug-likeness (QED) is 0.444. The maximum absolute atomic E-state index is 12.0. The third-order valence-electron chi connectivity index (χ3n) is 3.27. The Labute approximate surface area is 107 Å². The van der Waals surface area contributed by atoms with Crippen LogP contribution in [0.25, 0.3) is 10.8 Å². The zero-order valence-corrected chi connectivity index (χ0v) is 9.91. The Hall–Kier alpha value is -2.76. The summed E-state index contributed by atoms with van der Waals surface area (Å²) < 4.78 is 0. The summed E-state index contributed by atoms with van der Waals surface area (Å²) in [6.07, 6.45) is 0. The van der Waals surface area contributed by atoms with Gasteiger partial charge >= 0.3 is 0 Å². The van der Waals surface area contributed by atoms with E-state index < -0.39 is 10.8 Å². The SMILES string of the molecule is CN1C(=O)c2ccc3ccc([N+](=O)[O-])cc3c2C1=O. The van der Waals surface area contributed by atoms with Crippen LogP contribution in [0.5, 0.6) is 0 Å². The highest BCUT2D eigenvalue weighted by atomic mass is 16.6. The fourth-order valence-electron chi connectivity index (χ4n) is 2.27. The normalized spacial score (nSPS) is 14.1. The number of hydrogen-bond acceptors (Lipinski definition) is 4. The molecule has 0 bridgehead atoms. The van der Waals surface area contributed by atoms with Crippen LogP contribution in [0.2, 0.25) is 0 Å². The molecule has 6 nitrogen and oxygen atoms in total. The molecule has 2 aromatic rings. The van der Waals surface area contributed by atoms with Gasteiger partial charge in [-0.25, -0.2) is 0 Å². The molecule has 1 aliphatic rings. The summed E-state index contributed by atoms with van der Waals surface area (Å²) in [7, 11) is 1.40. The third-order valence-corrected chi connectivity index (χ3v) is 3.27. The molecular formula is C13H8N2O4. The molecule has 6 heteroatoms. The second-order valence-electron chi connectivity index (χ2n) is 4.32. The molecule has 0 radical (unpaired) electrons. The lowest BCUT2D eigenvalue weighted by atomic mass is 10.00. The van der Waals surface area contributed by atoms with Gasteiger partial charge in [0.15, 0.2) is 0 Å². The van der Waals surface area contributed by atoms with Crippen LogP contribution in [0.15, 0.2) is 30.3 Å². The van der Waals surface area contributed by atoms with Gasteiger partial charge in [0.05, 0.1) is 16.1 Å². The zero-order chi connectivity index (χ0) is 13.7. The first-order chi connectivity index (χ1) is 9.00. The molecule has 0 fully saturated rings. The van der Waals surface area contributed by atoms with Gasteiger partial charge in [-0.1, -0.05) is 6.07 Å². The van der Waals surface area contributed by atoms with Crippen molar-refractivity contribution >= 4 is 28.3 Å². The van der Waals surface area contributed by atoms with Crippen molar-refractivity contribution in [1.29, 1.82) is 0 Å². The van der Waals surface area contributed by atoms with Gasteiger partial charge in [-0.2, -0.15) is 0 Å². The smallest absolute Gasteiger partial charge is 0.270 e. The lowest BCUT2D eigenvalue weighted by molar-refractivity contribution is -0.384. The lowest BCUT2D eigenvalue weighted by Crippen LogP contribution is -2.24. The maximum Gasteiger partial charge on any atom is 0.270 e. The first-order valence-electron chi connectivity index (χ1n) is 5.54. The second kappa shape index (κ2) is 3.61. The number of nitro groups is 1. The fraction of sp³-hybridized carbons (Fsp3) is 0.0769. The average Bonchev–Trinajstić information content (AvgIpc) is 2.63. The summed E-state index contributed by atoms with van der Waals surface area (Å²) in [5.41, 5.74) is 0.435. The first kappa shape index (κ1) is 11.3. The number of rotatable bonds is 1. The highest BCUT2D eigenvalue weighted by Crippen LogP contribution is 2.31. The minimum absolute atomic E-state index is 0.101. The summed E-state index contributed by atoms with van der Waals surface area (Å²) in [6, 6.07) is 7.54. The van der Waals surface area contributed by atoms with Crippen LogP contribution < -0.4 is 0 Å². The highest BCUT2D eigenvalue weighted by molar-refractivity contribution is 6.26. The predicted octanol–water partition coefficient (Wildman–Crippen LogP) is 1.97. The highest BCUT2D eigenvalue weighted by Gasteiger charge is 2.34. The number of nitro benzene ring substituents is 1. The molecule has 0 N–H and O–H groups in total. The zero-order valence-electron chi connectivity index (χ0n) is 9.91. The number of carbonyl (C=O) groups is 2. The van der Waals surface area contributed by atoms with E-state index in [4.69, 9.17) is 0 Å². The van der Waals surface area contributed by atoms with Crippen LogP contribution in [-0.2, 0) is 0 Å². The number of imide groups is 1. The van der Waals surface area contributed by atoms with Gasteiger partial charge in [-0.15, -0.1) is 0 Å². The summed E-state index contributed by atoms with van der Waals surface area (Å²) in [6.45, 7) is 0. The van der Waals surface area contributed by atoms with Crippen molar-refractivity contribution in [3.63, 3.8) is 0 Å². The minimum Gasteiger partial charge on any atom is -0.277 e. The van der Waals surface area contributed by atoms with Crippen LogP contribution in [0.3, 0.4) is 0 Å². The largest absolute Gasteiger partial charge is 0.277 e. The summed E-state index contributed by atoms with van der Waals surface area (Å²) in [4.78, 5) is 35.2. The van der Waals surface area contributed by atoms with E-state index in [1.54, 1.807) is 18.2 Å². The summed E-state index contributed by atoms with van der Waals surface area (Å²) in [5, 5.41) is 11.9. The third kappa shape index (κ3) is 1.43. The second-order valence-corrected chi connectivity index (χ2v) is 4.32. The monoisotopic (exact) mass is 256 g/mol. The van der Waals surface area contributed by atoms with E-state index in [2.05, 4.69) is 0 Å². The molecule has 0 unspecified atom stereocenters. The Morgan fingerprint density at radius 2 is 1.79 bits per heavy atom. The summed E-state index contributed by atoms with van der Waals surface area (Å²) >= 11 is 0. The minimum atomic E-state index is -0.524. The number of hydrogen-bond donors (Lipinski definition) is 0. The fourth-order valence-corrected chi connectivity index (χ4v) is 2.27. The Balaban J connectivity index is 2.39. The van der Waals surface area contributed by atoms with Gasteiger partial charge < -0.3 is 0 Å². The molecule has 0 spiro atoms. The molecule has 19 heavy (non-hydrogen) atoms. The van der Waals surface area contributed by atoms with Gasteiger partial charge in [0.1, 0.15) is 0 Å². The lowest BCUT2D eigenvalue weighted by Gasteiger charge is -2.04. The standard InChI is InChI=1S/C13H8N2O4/c1-14-12(16)9-5-3-7-2-4-8(15(18)19)6-10(7)11(9)13(14)17/h2-6H,1H3. The van der Waals surface area contributed by atoms with E-state index in [-0.39, 0.29) is 17.2 Å². The number of fused-ring (bicyclic) bond motifs is 3. The molecule has 3 rings (SSSR count). The van der Waals surface area contributed by atoms with Gasteiger partial charge in [-0.3, -0.25) is 24.6 Å². The Morgan fingerprint density at radius 3 is 2.47 bits per heavy atom. The van der Waals surface area contributed by atoms with E-state index in [0.29, 0.717) is 16.3 Å². The molecule has 0 saturated carbocycles. The Morgan fingerprint density at radius 1 is 1.11 bits per heavy atom. The molecule has 94 valence electrons. The van der Waals surface area contributed by atoms with Crippen LogP contribution >= 0.6 is 0 Å². The van der Waals surface area contributed by atoms with Gasteiger partial charge in [-0.05, 0) is 17.5 Å². The van der Waals surface area contributed by atoms with Crippen LogP contribution in [-0.4, -0.2) is 28.7 Å². The van der Waals surface area contributed by atoms with E-state index in [1.165, 1.54) is 19.2 Å². The van der Waals surface area contributed by atoms with Crippen molar-refractivity contribution in [3.8, 4) is 0 Å². The summed E-state index contributed by atoms with van der Waals surface area (Å²) in [5.74, 6) is -0.806. The first-order valence-corrected chi connectivity index (χ1v) is 5.54. The molecule has 1 aliphatic heterocycles.